The van der Waals surface area contributed by atoms with Crippen LogP contribution in [0.2, 0.25) is 5.02 Å². The van der Waals surface area contributed by atoms with Gasteiger partial charge in [-0.25, -0.2) is 0 Å². The molecule has 0 N–H and O–H groups in total. The molecule has 16 heavy (non-hydrogen) atoms. The van der Waals surface area contributed by atoms with Crippen LogP contribution >= 0.6 is 39.3 Å². The molecule has 0 radical (unpaired) electrons. The molecule has 0 saturated carbocycles. The first-order chi connectivity index (χ1) is 7.79. The van der Waals surface area contributed by atoms with Crippen molar-refractivity contribution in [3.8, 4) is 0 Å². The summed E-state index contributed by atoms with van der Waals surface area (Å²) in [5.74, 6) is 0. The number of rotatable bonds is 3. The summed E-state index contributed by atoms with van der Waals surface area (Å²) in [5.41, 5.74) is 1.31. The highest BCUT2D eigenvalue weighted by Gasteiger charge is 2.02. The maximum absolute atomic E-state index is 5.86. The number of halogens is 2. The van der Waals surface area contributed by atoms with E-state index in [1.54, 1.807) is 11.8 Å². The molecule has 3 heteroatoms. The van der Waals surface area contributed by atoms with Gasteiger partial charge in [0.15, 0.2) is 0 Å². The molecule has 0 heterocycles. The van der Waals surface area contributed by atoms with Gasteiger partial charge in [-0.1, -0.05) is 57.5 Å². The third kappa shape index (κ3) is 3.03. The number of hydrogen-bond donors (Lipinski definition) is 0. The predicted octanol–water partition coefficient (Wildman–Crippen LogP) is 5.39. The van der Waals surface area contributed by atoms with E-state index >= 15 is 0 Å². The SMILES string of the molecule is Clc1ccc(Sc2ccccc2CBr)cc1. The average molecular weight is 314 g/mol. The van der Waals surface area contributed by atoms with Gasteiger partial charge < -0.3 is 0 Å². The van der Waals surface area contributed by atoms with Crippen LogP contribution < -0.4 is 0 Å². The second-order valence-electron chi connectivity index (χ2n) is 3.30. The maximum atomic E-state index is 5.86. The highest BCUT2D eigenvalue weighted by atomic mass is 79.9. The van der Waals surface area contributed by atoms with Gasteiger partial charge in [0, 0.05) is 20.1 Å². The Balaban J connectivity index is 2.23. The van der Waals surface area contributed by atoms with Gasteiger partial charge >= 0.3 is 0 Å². The lowest BCUT2D eigenvalue weighted by molar-refractivity contribution is 1.27. The van der Waals surface area contributed by atoms with Crippen molar-refractivity contribution in [1.82, 2.24) is 0 Å². The molecule has 0 aromatic heterocycles. The molecule has 0 unspecified atom stereocenters. The van der Waals surface area contributed by atoms with Crippen LogP contribution in [-0.2, 0) is 5.33 Å². The van der Waals surface area contributed by atoms with Gasteiger partial charge in [-0.3, -0.25) is 0 Å². The third-order valence-electron chi connectivity index (χ3n) is 2.16. The van der Waals surface area contributed by atoms with Crippen molar-refractivity contribution in [2.75, 3.05) is 0 Å². The summed E-state index contributed by atoms with van der Waals surface area (Å²) >= 11 is 11.1. The molecule has 0 saturated heterocycles. The van der Waals surface area contributed by atoms with E-state index in [4.69, 9.17) is 11.6 Å². The second kappa shape index (κ2) is 5.76. The van der Waals surface area contributed by atoms with Crippen LogP contribution in [-0.4, -0.2) is 0 Å². The summed E-state index contributed by atoms with van der Waals surface area (Å²) < 4.78 is 0. The van der Waals surface area contributed by atoms with Gasteiger partial charge in [0.25, 0.3) is 0 Å². The monoisotopic (exact) mass is 312 g/mol. The molecular formula is C13H10BrClS. The molecule has 2 rings (SSSR count). The van der Waals surface area contributed by atoms with Crippen molar-refractivity contribution in [2.24, 2.45) is 0 Å². The largest absolute Gasteiger partial charge is 0.0898 e. The smallest absolute Gasteiger partial charge is 0.0406 e. The minimum atomic E-state index is 0.776. The summed E-state index contributed by atoms with van der Waals surface area (Å²) in [4.78, 5) is 2.49. The normalized spacial score (nSPS) is 10.4. The lowest BCUT2D eigenvalue weighted by Gasteiger charge is -2.06. The van der Waals surface area contributed by atoms with E-state index in [1.165, 1.54) is 15.4 Å². The lowest BCUT2D eigenvalue weighted by Crippen LogP contribution is -1.82. The van der Waals surface area contributed by atoms with Gasteiger partial charge in [-0.15, -0.1) is 0 Å². The van der Waals surface area contributed by atoms with E-state index in [1.807, 2.05) is 24.3 Å². The van der Waals surface area contributed by atoms with Crippen molar-refractivity contribution in [1.29, 1.82) is 0 Å². The molecular weight excluding hydrogens is 304 g/mol. The van der Waals surface area contributed by atoms with Crippen LogP contribution in [0.25, 0.3) is 0 Å². The Labute approximate surface area is 113 Å². The summed E-state index contributed by atoms with van der Waals surface area (Å²) in [6.07, 6.45) is 0. The molecule has 2 aromatic rings. The van der Waals surface area contributed by atoms with E-state index < -0.39 is 0 Å². The standard InChI is InChI=1S/C13H10BrClS/c14-9-10-3-1-2-4-13(10)16-12-7-5-11(15)6-8-12/h1-8H,9H2. The van der Waals surface area contributed by atoms with Gasteiger partial charge in [-0.05, 0) is 35.9 Å². The Morgan fingerprint density at radius 1 is 1.00 bits per heavy atom. The minimum absolute atomic E-state index is 0.776. The predicted molar refractivity (Wildman–Crippen MR) is 74.6 cm³/mol. The van der Waals surface area contributed by atoms with Crippen molar-refractivity contribution in [3.05, 3.63) is 59.1 Å². The zero-order chi connectivity index (χ0) is 11.4. The summed E-state index contributed by atoms with van der Waals surface area (Å²) in [6, 6.07) is 16.3. The summed E-state index contributed by atoms with van der Waals surface area (Å²) in [7, 11) is 0. The number of hydrogen-bond acceptors (Lipinski definition) is 1. The van der Waals surface area contributed by atoms with Gasteiger partial charge in [0.2, 0.25) is 0 Å². The number of benzene rings is 2. The van der Waals surface area contributed by atoms with Crippen LogP contribution in [0.1, 0.15) is 5.56 Å². The lowest BCUT2D eigenvalue weighted by atomic mass is 10.2. The van der Waals surface area contributed by atoms with Crippen LogP contribution in [0.3, 0.4) is 0 Å². The molecule has 2 aromatic carbocycles. The highest BCUT2D eigenvalue weighted by molar-refractivity contribution is 9.08. The molecule has 0 aliphatic rings. The summed E-state index contributed by atoms with van der Waals surface area (Å²) in [6.45, 7) is 0. The first kappa shape index (κ1) is 12.0. The minimum Gasteiger partial charge on any atom is -0.0898 e. The topological polar surface area (TPSA) is 0 Å². The van der Waals surface area contributed by atoms with Crippen LogP contribution in [0.5, 0.6) is 0 Å². The van der Waals surface area contributed by atoms with Crippen molar-refractivity contribution >= 4 is 39.3 Å². The molecule has 0 amide bonds. The fourth-order valence-corrected chi connectivity index (χ4v) is 3.09. The summed E-state index contributed by atoms with van der Waals surface area (Å²) in [5, 5.41) is 1.65. The molecule has 0 fully saturated rings. The van der Waals surface area contributed by atoms with Crippen molar-refractivity contribution in [3.63, 3.8) is 0 Å². The van der Waals surface area contributed by atoms with E-state index in [-0.39, 0.29) is 0 Å². The van der Waals surface area contributed by atoms with Gasteiger partial charge in [0.1, 0.15) is 0 Å². The Kier molecular flexibility index (Phi) is 4.33. The average Bonchev–Trinajstić information content (AvgIpc) is 2.33. The Hall–Kier alpha value is -0.440. The quantitative estimate of drug-likeness (QED) is 0.685. The van der Waals surface area contributed by atoms with Crippen LogP contribution in [0, 0.1) is 0 Å². The fourth-order valence-electron chi connectivity index (χ4n) is 1.34. The van der Waals surface area contributed by atoms with Crippen molar-refractivity contribution in [2.45, 2.75) is 15.1 Å². The first-order valence-corrected chi connectivity index (χ1v) is 7.18. The Morgan fingerprint density at radius 2 is 1.69 bits per heavy atom. The zero-order valence-corrected chi connectivity index (χ0v) is 11.6. The highest BCUT2D eigenvalue weighted by Crippen LogP contribution is 2.31. The van der Waals surface area contributed by atoms with Gasteiger partial charge in [-0.2, -0.15) is 0 Å². The van der Waals surface area contributed by atoms with Crippen LogP contribution in [0.4, 0.5) is 0 Å². The molecule has 0 aliphatic heterocycles. The second-order valence-corrected chi connectivity index (χ2v) is 5.41. The zero-order valence-electron chi connectivity index (χ0n) is 8.49. The van der Waals surface area contributed by atoms with E-state index in [0.29, 0.717) is 0 Å². The fraction of sp³-hybridized carbons (Fsp3) is 0.0769. The Morgan fingerprint density at radius 3 is 2.38 bits per heavy atom. The van der Waals surface area contributed by atoms with E-state index in [0.717, 1.165) is 10.4 Å². The van der Waals surface area contributed by atoms with Crippen LogP contribution in [0.15, 0.2) is 58.3 Å². The molecule has 0 nitrogen and oxygen atoms in total. The van der Waals surface area contributed by atoms with Gasteiger partial charge in [0.05, 0.1) is 0 Å². The van der Waals surface area contributed by atoms with E-state index in [9.17, 15) is 0 Å². The Bertz CT molecular complexity index is 468. The molecule has 0 atom stereocenters. The van der Waals surface area contributed by atoms with E-state index in [2.05, 4.69) is 40.2 Å². The molecule has 0 aliphatic carbocycles. The number of alkyl halides is 1. The maximum Gasteiger partial charge on any atom is 0.0406 e. The third-order valence-corrected chi connectivity index (χ3v) is 4.14. The first-order valence-electron chi connectivity index (χ1n) is 4.87. The molecule has 0 bridgehead atoms. The molecule has 82 valence electrons. The van der Waals surface area contributed by atoms with Crippen molar-refractivity contribution < 1.29 is 0 Å². The molecule has 0 spiro atoms.